The van der Waals surface area contributed by atoms with Gasteiger partial charge in [0.15, 0.2) is 0 Å². The van der Waals surface area contributed by atoms with Crippen LogP contribution >= 0.6 is 7.80 Å². The van der Waals surface area contributed by atoms with Crippen LogP contribution in [0.4, 0.5) is 13.2 Å². The van der Waals surface area contributed by atoms with Gasteiger partial charge in [-0.1, -0.05) is 30.3 Å². The minimum Gasteiger partial charge on any atom is -0.326 e. The average Bonchev–Trinajstić information content (AvgIpc) is 2.02. The predicted molar refractivity (Wildman–Crippen MR) is 50.1 cm³/mol. The maximum Gasteiger partial charge on any atom is 0.395 e. The summed E-state index contributed by atoms with van der Waals surface area (Å²) < 4.78 is 46.6. The summed E-state index contributed by atoms with van der Waals surface area (Å²) in [5.74, 6) is 0. The van der Waals surface area contributed by atoms with Gasteiger partial charge in [0.2, 0.25) is 0 Å². The maximum atomic E-state index is 11.8. The number of alkyl halides is 3. The molecule has 0 radical (unpaired) electrons. The Bertz CT molecular complexity index is 308. The molecule has 1 atom stereocenters. The molecule has 0 amide bonds. The standard InChI is InChI=1S/C9H10F3OP/c10-9(11,12)7-14(13)6-8-4-2-1-3-5-8/h1-5,14H,6-7H2. The number of benzene rings is 1. The summed E-state index contributed by atoms with van der Waals surface area (Å²) in [7, 11) is -2.57. The van der Waals surface area contributed by atoms with E-state index in [1.165, 1.54) is 0 Å². The first-order valence-electron chi connectivity index (χ1n) is 4.10. The second-order valence-corrected chi connectivity index (χ2v) is 4.78. The van der Waals surface area contributed by atoms with Gasteiger partial charge in [-0.05, 0) is 5.56 Å². The van der Waals surface area contributed by atoms with E-state index in [9.17, 15) is 17.7 Å². The quantitative estimate of drug-likeness (QED) is 0.717. The maximum absolute atomic E-state index is 11.8. The van der Waals surface area contributed by atoms with Crippen molar-refractivity contribution in [1.82, 2.24) is 0 Å². The first kappa shape index (κ1) is 11.3. The Balaban J connectivity index is 2.50. The van der Waals surface area contributed by atoms with Crippen molar-refractivity contribution in [1.29, 1.82) is 0 Å². The van der Waals surface area contributed by atoms with Crippen LogP contribution in [0.2, 0.25) is 0 Å². The fraction of sp³-hybridized carbons (Fsp3) is 0.333. The highest BCUT2D eigenvalue weighted by Gasteiger charge is 2.29. The van der Waals surface area contributed by atoms with E-state index in [1.54, 1.807) is 30.3 Å². The van der Waals surface area contributed by atoms with Crippen molar-refractivity contribution < 1.29 is 17.7 Å². The fourth-order valence-corrected chi connectivity index (χ4v) is 2.37. The predicted octanol–water partition coefficient (Wildman–Crippen LogP) is 3.31. The van der Waals surface area contributed by atoms with Gasteiger partial charge in [0.25, 0.3) is 0 Å². The second-order valence-electron chi connectivity index (χ2n) is 2.99. The number of hydrogen-bond acceptors (Lipinski definition) is 1. The summed E-state index contributed by atoms with van der Waals surface area (Å²) in [4.78, 5) is 0. The van der Waals surface area contributed by atoms with Gasteiger partial charge >= 0.3 is 6.18 Å². The first-order valence-corrected chi connectivity index (χ1v) is 5.92. The average molecular weight is 222 g/mol. The molecule has 0 heterocycles. The van der Waals surface area contributed by atoms with E-state index in [0.717, 1.165) is 0 Å². The van der Waals surface area contributed by atoms with Crippen molar-refractivity contribution in [3.8, 4) is 0 Å². The van der Waals surface area contributed by atoms with Crippen LogP contribution in [0.1, 0.15) is 5.56 Å². The molecule has 14 heavy (non-hydrogen) atoms. The Morgan fingerprint density at radius 2 is 1.71 bits per heavy atom. The third-order valence-corrected chi connectivity index (χ3v) is 3.24. The lowest BCUT2D eigenvalue weighted by molar-refractivity contribution is -0.106. The molecule has 1 aromatic rings. The van der Waals surface area contributed by atoms with E-state index in [4.69, 9.17) is 0 Å². The highest BCUT2D eigenvalue weighted by Crippen LogP contribution is 2.34. The van der Waals surface area contributed by atoms with Gasteiger partial charge in [-0.3, -0.25) is 0 Å². The normalized spacial score (nSPS) is 13.9. The van der Waals surface area contributed by atoms with E-state index >= 15 is 0 Å². The van der Waals surface area contributed by atoms with Gasteiger partial charge in [-0.25, -0.2) is 0 Å². The molecule has 1 nitrogen and oxygen atoms in total. The second kappa shape index (κ2) is 4.65. The van der Waals surface area contributed by atoms with E-state index in [2.05, 4.69) is 0 Å². The molecule has 0 N–H and O–H groups in total. The van der Waals surface area contributed by atoms with Gasteiger partial charge in [0, 0.05) is 6.16 Å². The van der Waals surface area contributed by atoms with Gasteiger partial charge in [0.05, 0.1) is 14.0 Å². The third kappa shape index (κ3) is 4.47. The van der Waals surface area contributed by atoms with Crippen LogP contribution in [0.3, 0.4) is 0 Å². The molecule has 0 spiro atoms. The zero-order valence-electron chi connectivity index (χ0n) is 7.34. The highest BCUT2D eigenvalue weighted by atomic mass is 31.1. The molecule has 0 saturated carbocycles. The lowest BCUT2D eigenvalue weighted by atomic mass is 10.2. The summed E-state index contributed by atoms with van der Waals surface area (Å²) in [6.45, 7) is 0. The van der Waals surface area contributed by atoms with Crippen molar-refractivity contribution >= 4 is 7.80 Å². The highest BCUT2D eigenvalue weighted by molar-refractivity contribution is 7.43. The monoisotopic (exact) mass is 222 g/mol. The summed E-state index contributed by atoms with van der Waals surface area (Å²) in [5, 5.41) is 0. The van der Waals surface area contributed by atoms with Crippen LogP contribution < -0.4 is 0 Å². The Morgan fingerprint density at radius 1 is 1.14 bits per heavy atom. The molecule has 78 valence electrons. The minimum atomic E-state index is -4.31. The Morgan fingerprint density at radius 3 is 2.21 bits per heavy atom. The van der Waals surface area contributed by atoms with Gasteiger partial charge in [-0.2, -0.15) is 13.2 Å². The zero-order chi connectivity index (χ0) is 10.6. The number of rotatable bonds is 3. The summed E-state index contributed by atoms with van der Waals surface area (Å²) in [5.41, 5.74) is 0.695. The third-order valence-electron chi connectivity index (χ3n) is 1.64. The van der Waals surface area contributed by atoms with Gasteiger partial charge in [0.1, 0.15) is 0 Å². The molecule has 0 aromatic heterocycles. The molecule has 1 rings (SSSR count). The Kier molecular flexibility index (Phi) is 3.76. The molecule has 0 aliphatic heterocycles. The summed E-state index contributed by atoms with van der Waals surface area (Å²) >= 11 is 0. The molecular weight excluding hydrogens is 212 g/mol. The van der Waals surface area contributed by atoms with Crippen LogP contribution in [-0.2, 0) is 10.7 Å². The largest absolute Gasteiger partial charge is 0.395 e. The van der Waals surface area contributed by atoms with E-state index in [-0.39, 0.29) is 6.16 Å². The summed E-state index contributed by atoms with van der Waals surface area (Å²) in [6, 6.07) is 8.57. The van der Waals surface area contributed by atoms with Crippen LogP contribution in [0.25, 0.3) is 0 Å². The molecule has 1 unspecified atom stereocenters. The smallest absolute Gasteiger partial charge is 0.326 e. The van der Waals surface area contributed by atoms with Gasteiger partial charge < -0.3 is 4.57 Å². The number of halogens is 3. The lowest BCUT2D eigenvalue weighted by Crippen LogP contribution is -2.10. The SMILES string of the molecule is O=[PH](Cc1ccccc1)CC(F)(F)F. The molecular formula is C9H10F3OP. The Labute approximate surface area is 80.7 Å². The Hall–Kier alpha value is -0.760. The van der Waals surface area contributed by atoms with Crippen molar-refractivity contribution in [3.63, 3.8) is 0 Å². The molecule has 5 heteroatoms. The lowest BCUT2D eigenvalue weighted by Gasteiger charge is -2.05. The molecule has 0 aliphatic rings. The molecule has 0 bridgehead atoms. The van der Waals surface area contributed by atoms with E-state index in [0.29, 0.717) is 5.56 Å². The van der Waals surface area contributed by atoms with E-state index in [1.807, 2.05) is 0 Å². The molecule has 1 aromatic carbocycles. The summed E-state index contributed by atoms with van der Waals surface area (Å²) in [6.07, 6.45) is -5.44. The first-order chi connectivity index (χ1) is 6.47. The zero-order valence-corrected chi connectivity index (χ0v) is 8.34. The van der Waals surface area contributed by atoms with Crippen LogP contribution in [0.15, 0.2) is 30.3 Å². The van der Waals surface area contributed by atoms with Crippen LogP contribution in [-0.4, -0.2) is 12.3 Å². The fourth-order valence-electron chi connectivity index (χ4n) is 1.11. The van der Waals surface area contributed by atoms with Crippen molar-refractivity contribution in [2.75, 3.05) is 6.16 Å². The molecule has 0 fully saturated rings. The van der Waals surface area contributed by atoms with Crippen molar-refractivity contribution in [2.45, 2.75) is 12.3 Å². The van der Waals surface area contributed by atoms with Crippen molar-refractivity contribution in [3.05, 3.63) is 35.9 Å². The topological polar surface area (TPSA) is 17.1 Å². The van der Waals surface area contributed by atoms with Crippen molar-refractivity contribution in [2.24, 2.45) is 0 Å². The molecule has 0 saturated heterocycles. The van der Waals surface area contributed by atoms with Crippen LogP contribution in [0, 0.1) is 0 Å². The van der Waals surface area contributed by atoms with Gasteiger partial charge in [-0.15, -0.1) is 0 Å². The number of hydrogen-bond donors (Lipinski definition) is 0. The van der Waals surface area contributed by atoms with E-state index < -0.39 is 20.1 Å². The van der Waals surface area contributed by atoms with Crippen LogP contribution in [0.5, 0.6) is 0 Å². The minimum absolute atomic E-state index is 0.0328. The molecule has 0 aliphatic carbocycles.